The second-order valence-corrected chi connectivity index (χ2v) is 7.63. The van der Waals surface area contributed by atoms with Crippen LogP contribution < -0.4 is 5.32 Å². The fourth-order valence-electron chi connectivity index (χ4n) is 3.46. The molecule has 0 bridgehead atoms. The normalized spacial score (nSPS) is 34.5. The fourth-order valence-corrected chi connectivity index (χ4v) is 3.46. The summed E-state index contributed by atoms with van der Waals surface area (Å²) < 4.78 is 0. The Bertz CT molecular complexity index is 283. The molecule has 0 aromatic rings. The van der Waals surface area contributed by atoms with Crippen LogP contribution in [0.4, 0.5) is 0 Å². The van der Waals surface area contributed by atoms with Gasteiger partial charge in [0.1, 0.15) is 0 Å². The maximum Gasteiger partial charge on any atom is 0.0309 e. The summed E-state index contributed by atoms with van der Waals surface area (Å²) in [5.41, 5.74) is 0.692. The lowest BCUT2D eigenvalue weighted by atomic mass is 9.85. The summed E-state index contributed by atoms with van der Waals surface area (Å²) in [4.78, 5) is 2.75. The zero-order valence-corrected chi connectivity index (χ0v) is 13.1. The molecule has 2 heteroatoms. The Labute approximate surface area is 114 Å². The zero-order valence-electron chi connectivity index (χ0n) is 13.1. The molecule has 106 valence electrons. The summed E-state index contributed by atoms with van der Waals surface area (Å²) in [5.74, 6) is 1.76. The van der Waals surface area contributed by atoms with Gasteiger partial charge in [0.15, 0.2) is 0 Å². The SMILES string of the molecule is CCCC(C)CN1CC(C)(C2CC2)NCC1(C)C. The molecule has 2 nitrogen and oxygen atoms in total. The van der Waals surface area contributed by atoms with Crippen LogP contribution in [0.1, 0.15) is 60.3 Å². The molecule has 1 aliphatic heterocycles. The summed E-state index contributed by atoms with van der Waals surface area (Å²) in [7, 11) is 0. The molecule has 0 spiro atoms. The summed E-state index contributed by atoms with van der Waals surface area (Å²) in [6.07, 6.45) is 5.54. The standard InChI is InChI=1S/C16H32N2/c1-6-7-13(2)10-18-12-16(5,14-8-9-14)17-11-15(18,3)4/h13-14,17H,6-12H2,1-5H3. The number of piperazine rings is 1. The molecule has 2 rings (SSSR count). The van der Waals surface area contributed by atoms with Crippen LogP contribution >= 0.6 is 0 Å². The molecule has 1 heterocycles. The maximum atomic E-state index is 3.84. The third kappa shape index (κ3) is 3.08. The molecule has 1 saturated heterocycles. The molecule has 0 amide bonds. The van der Waals surface area contributed by atoms with E-state index >= 15 is 0 Å². The quantitative estimate of drug-likeness (QED) is 0.808. The Kier molecular flexibility index (Phi) is 4.08. The highest BCUT2D eigenvalue weighted by molar-refractivity contribution is 5.06. The van der Waals surface area contributed by atoms with Crippen molar-refractivity contribution >= 4 is 0 Å². The summed E-state index contributed by atoms with van der Waals surface area (Å²) in [5, 5.41) is 3.84. The molecule has 0 radical (unpaired) electrons. The lowest BCUT2D eigenvalue weighted by Gasteiger charge is -2.52. The lowest BCUT2D eigenvalue weighted by molar-refractivity contribution is 0.0135. The van der Waals surface area contributed by atoms with Crippen molar-refractivity contribution in [1.29, 1.82) is 0 Å². The highest BCUT2D eigenvalue weighted by Gasteiger charge is 2.48. The van der Waals surface area contributed by atoms with Crippen LogP contribution in [0.25, 0.3) is 0 Å². The molecule has 1 aliphatic carbocycles. The molecule has 1 saturated carbocycles. The van der Waals surface area contributed by atoms with Crippen molar-refractivity contribution < 1.29 is 0 Å². The van der Waals surface area contributed by atoms with Gasteiger partial charge in [0, 0.05) is 30.7 Å². The van der Waals surface area contributed by atoms with Crippen LogP contribution in [0.3, 0.4) is 0 Å². The molecule has 2 aliphatic rings. The number of hydrogen-bond acceptors (Lipinski definition) is 2. The van der Waals surface area contributed by atoms with E-state index in [-0.39, 0.29) is 0 Å². The predicted octanol–water partition coefficient (Wildman–Crippen LogP) is 3.28. The van der Waals surface area contributed by atoms with Crippen molar-refractivity contribution in [2.45, 2.75) is 71.4 Å². The van der Waals surface area contributed by atoms with E-state index in [9.17, 15) is 0 Å². The highest BCUT2D eigenvalue weighted by Crippen LogP contribution is 2.42. The largest absolute Gasteiger partial charge is 0.308 e. The molecule has 0 aromatic heterocycles. The van der Waals surface area contributed by atoms with Gasteiger partial charge in [-0.3, -0.25) is 4.90 Å². The fraction of sp³-hybridized carbons (Fsp3) is 1.00. The monoisotopic (exact) mass is 252 g/mol. The lowest BCUT2D eigenvalue weighted by Crippen LogP contribution is -2.68. The zero-order chi connectivity index (χ0) is 13.4. The van der Waals surface area contributed by atoms with Gasteiger partial charge in [0.2, 0.25) is 0 Å². The molecule has 18 heavy (non-hydrogen) atoms. The Balaban J connectivity index is 1.99. The molecule has 0 aromatic carbocycles. The number of hydrogen-bond donors (Lipinski definition) is 1. The second-order valence-electron chi connectivity index (χ2n) is 7.63. The number of nitrogens with zero attached hydrogens (tertiary/aromatic N) is 1. The van der Waals surface area contributed by atoms with Gasteiger partial charge < -0.3 is 5.32 Å². The van der Waals surface area contributed by atoms with Gasteiger partial charge in [-0.05, 0) is 51.9 Å². The summed E-state index contributed by atoms with van der Waals surface area (Å²) in [6.45, 7) is 15.6. The number of nitrogens with one attached hydrogen (secondary N) is 1. The van der Waals surface area contributed by atoms with Crippen LogP contribution in [0.2, 0.25) is 0 Å². The van der Waals surface area contributed by atoms with E-state index in [1.165, 1.54) is 38.8 Å². The minimum atomic E-state index is 0.316. The Morgan fingerprint density at radius 2 is 1.94 bits per heavy atom. The van der Waals surface area contributed by atoms with E-state index < -0.39 is 0 Å². The molecular formula is C16H32N2. The minimum absolute atomic E-state index is 0.316. The van der Waals surface area contributed by atoms with Crippen LogP contribution in [0.5, 0.6) is 0 Å². The molecular weight excluding hydrogens is 220 g/mol. The molecule has 2 fully saturated rings. The predicted molar refractivity (Wildman–Crippen MR) is 78.9 cm³/mol. The van der Waals surface area contributed by atoms with E-state index in [4.69, 9.17) is 0 Å². The van der Waals surface area contributed by atoms with Crippen molar-refractivity contribution in [2.75, 3.05) is 19.6 Å². The van der Waals surface area contributed by atoms with Gasteiger partial charge in [-0.15, -0.1) is 0 Å². The Hall–Kier alpha value is -0.0800. The van der Waals surface area contributed by atoms with E-state index in [1.807, 2.05) is 0 Å². The first-order valence-corrected chi connectivity index (χ1v) is 7.87. The third-order valence-corrected chi connectivity index (χ3v) is 5.09. The van der Waals surface area contributed by atoms with Crippen LogP contribution in [-0.2, 0) is 0 Å². The van der Waals surface area contributed by atoms with E-state index in [0.29, 0.717) is 11.1 Å². The summed E-state index contributed by atoms with van der Waals surface area (Å²) in [6, 6.07) is 0. The van der Waals surface area contributed by atoms with Crippen LogP contribution in [0, 0.1) is 11.8 Å². The first-order chi connectivity index (χ1) is 8.37. The minimum Gasteiger partial charge on any atom is -0.308 e. The first-order valence-electron chi connectivity index (χ1n) is 7.87. The van der Waals surface area contributed by atoms with Gasteiger partial charge in [-0.1, -0.05) is 20.3 Å². The van der Waals surface area contributed by atoms with Crippen LogP contribution in [-0.4, -0.2) is 35.6 Å². The van der Waals surface area contributed by atoms with Gasteiger partial charge in [-0.2, -0.15) is 0 Å². The van der Waals surface area contributed by atoms with Crippen molar-refractivity contribution in [3.8, 4) is 0 Å². The Morgan fingerprint density at radius 1 is 1.28 bits per heavy atom. The first kappa shape index (κ1) is 14.3. The molecule has 2 unspecified atom stereocenters. The topological polar surface area (TPSA) is 15.3 Å². The maximum absolute atomic E-state index is 3.84. The number of rotatable bonds is 5. The Morgan fingerprint density at radius 3 is 2.50 bits per heavy atom. The van der Waals surface area contributed by atoms with Gasteiger partial charge >= 0.3 is 0 Å². The second kappa shape index (κ2) is 5.13. The van der Waals surface area contributed by atoms with Crippen LogP contribution in [0.15, 0.2) is 0 Å². The van der Waals surface area contributed by atoms with Gasteiger partial charge in [0.05, 0.1) is 0 Å². The van der Waals surface area contributed by atoms with E-state index in [1.54, 1.807) is 0 Å². The third-order valence-electron chi connectivity index (χ3n) is 5.09. The smallest absolute Gasteiger partial charge is 0.0309 e. The molecule has 1 N–H and O–H groups in total. The van der Waals surface area contributed by atoms with Crippen molar-refractivity contribution in [2.24, 2.45) is 11.8 Å². The van der Waals surface area contributed by atoms with Crippen molar-refractivity contribution in [3.63, 3.8) is 0 Å². The van der Waals surface area contributed by atoms with Gasteiger partial charge in [0.25, 0.3) is 0 Å². The molecule has 2 atom stereocenters. The van der Waals surface area contributed by atoms with E-state index in [2.05, 4.69) is 44.8 Å². The van der Waals surface area contributed by atoms with Crippen molar-refractivity contribution in [1.82, 2.24) is 10.2 Å². The van der Waals surface area contributed by atoms with Crippen molar-refractivity contribution in [3.05, 3.63) is 0 Å². The van der Waals surface area contributed by atoms with E-state index in [0.717, 1.165) is 18.4 Å². The average Bonchev–Trinajstić information content (AvgIpc) is 3.08. The summed E-state index contributed by atoms with van der Waals surface area (Å²) >= 11 is 0. The highest BCUT2D eigenvalue weighted by atomic mass is 15.3. The van der Waals surface area contributed by atoms with Gasteiger partial charge in [-0.25, -0.2) is 0 Å². The average molecular weight is 252 g/mol.